The van der Waals surface area contributed by atoms with Gasteiger partial charge < -0.3 is 4.90 Å². The number of nitrogens with zero attached hydrogens (tertiary/aromatic N) is 1. The van der Waals surface area contributed by atoms with Gasteiger partial charge in [0.25, 0.3) is 0 Å². The van der Waals surface area contributed by atoms with Crippen molar-refractivity contribution in [2.24, 2.45) is 17.8 Å². The van der Waals surface area contributed by atoms with Crippen molar-refractivity contribution in [2.75, 3.05) is 19.6 Å². The van der Waals surface area contributed by atoms with E-state index in [9.17, 15) is 0 Å². The summed E-state index contributed by atoms with van der Waals surface area (Å²) in [5, 5.41) is 0. The number of hydrogen-bond donors (Lipinski definition) is 0. The Morgan fingerprint density at radius 3 is 1.81 bits per heavy atom. The SMILES string of the molecule is CCCC(CC)CN(CCC1CC1)CC(CCC)CCC. The molecule has 1 unspecified atom stereocenters. The predicted molar refractivity (Wildman–Crippen MR) is 95.8 cm³/mol. The first kappa shape index (κ1) is 19.0. The molecular weight excluding hydrogens is 254 g/mol. The fourth-order valence-electron chi connectivity index (χ4n) is 3.74. The average Bonchev–Trinajstić information content (AvgIpc) is 3.28. The zero-order valence-electron chi connectivity index (χ0n) is 15.4. The van der Waals surface area contributed by atoms with Gasteiger partial charge in [-0.15, -0.1) is 0 Å². The Labute approximate surface area is 134 Å². The molecule has 0 radical (unpaired) electrons. The van der Waals surface area contributed by atoms with Gasteiger partial charge in [0.1, 0.15) is 0 Å². The van der Waals surface area contributed by atoms with Crippen LogP contribution in [0.4, 0.5) is 0 Å². The van der Waals surface area contributed by atoms with Crippen molar-refractivity contribution in [2.45, 2.75) is 91.9 Å². The zero-order chi connectivity index (χ0) is 15.5. The lowest BCUT2D eigenvalue weighted by Crippen LogP contribution is -2.35. The summed E-state index contributed by atoms with van der Waals surface area (Å²) in [6, 6.07) is 0. The fraction of sp³-hybridized carbons (Fsp3) is 1.00. The van der Waals surface area contributed by atoms with Gasteiger partial charge >= 0.3 is 0 Å². The predicted octanol–water partition coefficient (Wildman–Crippen LogP) is 6.13. The maximum absolute atomic E-state index is 2.85. The molecule has 1 heteroatoms. The minimum atomic E-state index is 0.929. The lowest BCUT2D eigenvalue weighted by Gasteiger charge is -2.30. The van der Waals surface area contributed by atoms with Crippen molar-refractivity contribution < 1.29 is 0 Å². The van der Waals surface area contributed by atoms with Crippen molar-refractivity contribution in [1.29, 1.82) is 0 Å². The molecule has 1 aliphatic carbocycles. The second kappa shape index (κ2) is 11.5. The minimum absolute atomic E-state index is 0.929. The van der Waals surface area contributed by atoms with Crippen LogP contribution in [0.3, 0.4) is 0 Å². The Balaban J connectivity index is 2.46. The number of rotatable bonds is 14. The average molecular weight is 296 g/mol. The summed E-state index contributed by atoms with van der Waals surface area (Å²) in [7, 11) is 0. The van der Waals surface area contributed by atoms with E-state index in [4.69, 9.17) is 0 Å². The van der Waals surface area contributed by atoms with Crippen LogP contribution >= 0.6 is 0 Å². The largest absolute Gasteiger partial charge is 0.303 e. The van der Waals surface area contributed by atoms with E-state index >= 15 is 0 Å². The van der Waals surface area contributed by atoms with E-state index in [1.54, 1.807) is 0 Å². The van der Waals surface area contributed by atoms with E-state index in [0.717, 1.165) is 17.8 Å². The van der Waals surface area contributed by atoms with Gasteiger partial charge in [-0.3, -0.25) is 0 Å². The molecule has 0 heterocycles. The summed E-state index contributed by atoms with van der Waals surface area (Å²) in [5.41, 5.74) is 0. The van der Waals surface area contributed by atoms with Crippen LogP contribution in [0, 0.1) is 17.8 Å². The van der Waals surface area contributed by atoms with E-state index in [0.29, 0.717) is 0 Å². The molecule has 126 valence electrons. The van der Waals surface area contributed by atoms with Gasteiger partial charge in [0, 0.05) is 13.1 Å². The normalized spacial score (nSPS) is 16.9. The molecule has 1 atom stereocenters. The van der Waals surface area contributed by atoms with Gasteiger partial charge in [-0.1, -0.05) is 66.2 Å². The Morgan fingerprint density at radius 1 is 0.810 bits per heavy atom. The van der Waals surface area contributed by atoms with Crippen LogP contribution in [0.5, 0.6) is 0 Å². The maximum atomic E-state index is 2.85. The van der Waals surface area contributed by atoms with Crippen molar-refractivity contribution >= 4 is 0 Å². The molecule has 1 nitrogen and oxygen atoms in total. The molecule has 0 N–H and O–H groups in total. The van der Waals surface area contributed by atoms with Gasteiger partial charge in [0.05, 0.1) is 0 Å². The van der Waals surface area contributed by atoms with E-state index in [2.05, 4.69) is 32.6 Å². The van der Waals surface area contributed by atoms with E-state index in [-0.39, 0.29) is 0 Å². The molecule has 0 aromatic rings. The molecule has 0 amide bonds. The maximum Gasteiger partial charge on any atom is 0.000977 e. The van der Waals surface area contributed by atoms with Crippen LogP contribution in [-0.2, 0) is 0 Å². The molecule has 1 rings (SSSR count). The first-order valence-electron chi connectivity index (χ1n) is 9.95. The Bertz CT molecular complexity index is 228. The van der Waals surface area contributed by atoms with Crippen molar-refractivity contribution in [3.05, 3.63) is 0 Å². The van der Waals surface area contributed by atoms with Crippen LogP contribution in [0.15, 0.2) is 0 Å². The standard InChI is InChI=1S/C20H41N/c1-5-9-18(8-4)16-21(15-14-19-12-13-19)17-20(10-6-2)11-7-3/h18-20H,5-17H2,1-4H3. The van der Waals surface area contributed by atoms with Crippen LogP contribution in [0.1, 0.15) is 91.9 Å². The first-order chi connectivity index (χ1) is 10.2. The van der Waals surface area contributed by atoms with Gasteiger partial charge in [0.15, 0.2) is 0 Å². The molecule has 0 aromatic heterocycles. The lowest BCUT2D eigenvalue weighted by molar-refractivity contribution is 0.176. The third kappa shape index (κ3) is 8.86. The quantitative estimate of drug-likeness (QED) is 0.372. The van der Waals surface area contributed by atoms with Crippen LogP contribution in [0.25, 0.3) is 0 Å². The molecule has 21 heavy (non-hydrogen) atoms. The highest BCUT2D eigenvalue weighted by Gasteiger charge is 2.23. The highest BCUT2D eigenvalue weighted by molar-refractivity contribution is 4.77. The molecule has 0 aliphatic heterocycles. The van der Waals surface area contributed by atoms with Crippen LogP contribution in [0.2, 0.25) is 0 Å². The Hall–Kier alpha value is -0.0400. The summed E-state index contributed by atoms with van der Waals surface area (Å²) in [5.74, 6) is 2.95. The van der Waals surface area contributed by atoms with Crippen LogP contribution < -0.4 is 0 Å². The second-order valence-electron chi connectivity index (χ2n) is 7.50. The van der Waals surface area contributed by atoms with Gasteiger partial charge in [-0.2, -0.15) is 0 Å². The highest BCUT2D eigenvalue weighted by atomic mass is 15.1. The summed E-state index contributed by atoms with van der Waals surface area (Å²) in [6.45, 7) is 13.5. The second-order valence-corrected chi connectivity index (χ2v) is 7.50. The summed E-state index contributed by atoms with van der Waals surface area (Å²) in [4.78, 5) is 2.85. The zero-order valence-corrected chi connectivity index (χ0v) is 15.4. The third-order valence-electron chi connectivity index (χ3n) is 5.25. The molecule has 0 bridgehead atoms. The van der Waals surface area contributed by atoms with Gasteiger partial charge in [0.2, 0.25) is 0 Å². The van der Waals surface area contributed by atoms with Crippen molar-refractivity contribution in [3.63, 3.8) is 0 Å². The van der Waals surface area contributed by atoms with E-state index in [1.165, 1.54) is 83.8 Å². The first-order valence-corrected chi connectivity index (χ1v) is 9.95. The topological polar surface area (TPSA) is 3.24 Å². The summed E-state index contributed by atoms with van der Waals surface area (Å²) >= 11 is 0. The summed E-state index contributed by atoms with van der Waals surface area (Å²) in [6.07, 6.45) is 14.2. The number of hydrogen-bond acceptors (Lipinski definition) is 1. The van der Waals surface area contributed by atoms with E-state index in [1.807, 2.05) is 0 Å². The lowest BCUT2D eigenvalue weighted by atomic mass is 9.95. The molecular formula is C20H41N. The van der Waals surface area contributed by atoms with Crippen LogP contribution in [-0.4, -0.2) is 24.5 Å². The van der Waals surface area contributed by atoms with Gasteiger partial charge in [-0.05, 0) is 50.0 Å². The van der Waals surface area contributed by atoms with E-state index < -0.39 is 0 Å². The molecule has 1 aliphatic rings. The third-order valence-corrected chi connectivity index (χ3v) is 5.25. The highest BCUT2D eigenvalue weighted by Crippen LogP contribution is 2.32. The molecule has 0 aromatic carbocycles. The smallest absolute Gasteiger partial charge is 0.000977 e. The minimum Gasteiger partial charge on any atom is -0.303 e. The van der Waals surface area contributed by atoms with Crippen molar-refractivity contribution in [3.8, 4) is 0 Å². The Morgan fingerprint density at radius 2 is 1.33 bits per heavy atom. The van der Waals surface area contributed by atoms with Gasteiger partial charge in [-0.25, -0.2) is 0 Å². The molecule has 1 fully saturated rings. The molecule has 0 spiro atoms. The molecule has 1 saturated carbocycles. The fourth-order valence-corrected chi connectivity index (χ4v) is 3.74. The van der Waals surface area contributed by atoms with Crippen molar-refractivity contribution in [1.82, 2.24) is 4.90 Å². The monoisotopic (exact) mass is 295 g/mol. The Kier molecular flexibility index (Phi) is 10.4. The summed E-state index contributed by atoms with van der Waals surface area (Å²) < 4.78 is 0. The molecule has 0 saturated heterocycles.